The summed E-state index contributed by atoms with van der Waals surface area (Å²) >= 11 is 1.87. The Balaban J connectivity index is 2.21. The van der Waals surface area contributed by atoms with Gasteiger partial charge in [-0.05, 0) is 43.1 Å². The Bertz CT molecular complexity index is 556. The van der Waals surface area contributed by atoms with Crippen LogP contribution in [-0.2, 0) is 4.74 Å². The molecule has 2 aromatic carbocycles. The maximum Gasteiger partial charge on any atom is 0.108 e. The Hall–Kier alpha value is -1.29. The highest BCUT2D eigenvalue weighted by Gasteiger charge is 2.15. The van der Waals surface area contributed by atoms with Gasteiger partial charge in [-0.25, -0.2) is 0 Å². The Labute approximate surface area is 138 Å². The van der Waals surface area contributed by atoms with Crippen molar-refractivity contribution < 1.29 is 4.74 Å². The molecule has 0 fully saturated rings. The van der Waals surface area contributed by atoms with E-state index < -0.39 is 0 Å². The molecule has 0 N–H and O–H groups in total. The van der Waals surface area contributed by atoms with Crippen LogP contribution in [0.2, 0.25) is 0 Å². The minimum Gasteiger partial charge on any atom is -0.367 e. The Kier molecular flexibility index (Phi) is 6.97. The first kappa shape index (κ1) is 17.1. The van der Waals surface area contributed by atoms with E-state index in [2.05, 4.69) is 74.4 Å². The topological polar surface area (TPSA) is 12.5 Å². The van der Waals surface area contributed by atoms with Crippen molar-refractivity contribution in [2.24, 2.45) is 0 Å². The Morgan fingerprint density at radius 2 is 1.73 bits per heavy atom. The van der Waals surface area contributed by atoms with Gasteiger partial charge in [-0.15, -0.1) is 11.8 Å². The average Bonchev–Trinajstić information content (AvgIpc) is 2.53. The number of nitrogens with zero attached hydrogens (tertiary/aromatic N) is 1. The summed E-state index contributed by atoms with van der Waals surface area (Å²) in [6.45, 7) is 3.82. The number of likely N-dealkylation sites (N-methyl/N-ethyl adjacent to an activating group) is 1. The van der Waals surface area contributed by atoms with E-state index in [0.29, 0.717) is 0 Å². The normalized spacial score (nSPS) is 12.5. The third-order valence-corrected chi connectivity index (χ3v) is 4.27. The van der Waals surface area contributed by atoms with Gasteiger partial charge in [-0.1, -0.05) is 49.4 Å². The third-order valence-electron chi connectivity index (χ3n) is 3.40. The van der Waals surface area contributed by atoms with E-state index in [1.54, 1.807) is 0 Å². The Morgan fingerprint density at radius 1 is 1.00 bits per heavy atom. The maximum atomic E-state index is 6.21. The molecule has 0 saturated carbocycles. The summed E-state index contributed by atoms with van der Waals surface area (Å²) in [4.78, 5) is 3.45. The van der Waals surface area contributed by atoms with E-state index in [-0.39, 0.29) is 6.10 Å². The summed E-state index contributed by atoms with van der Waals surface area (Å²) in [5, 5.41) is 0. The fourth-order valence-electron chi connectivity index (χ4n) is 2.30. The molecule has 0 aliphatic rings. The number of benzene rings is 2. The lowest BCUT2D eigenvalue weighted by Crippen LogP contribution is -2.20. The zero-order valence-electron chi connectivity index (χ0n) is 13.7. The van der Waals surface area contributed by atoms with Crippen molar-refractivity contribution in [2.75, 3.05) is 33.0 Å². The number of hydrogen-bond donors (Lipinski definition) is 0. The summed E-state index contributed by atoms with van der Waals surface area (Å²) in [6, 6.07) is 19.2. The van der Waals surface area contributed by atoms with E-state index in [1.807, 2.05) is 17.8 Å². The van der Waals surface area contributed by atoms with Gasteiger partial charge in [-0.3, -0.25) is 0 Å². The second-order valence-electron chi connectivity index (χ2n) is 5.47. The van der Waals surface area contributed by atoms with E-state index in [4.69, 9.17) is 4.74 Å². The number of hydrogen-bond acceptors (Lipinski definition) is 3. The van der Waals surface area contributed by atoms with Gasteiger partial charge in [0.15, 0.2) is 0 Å². The second kappa shape index (κ2) is 8.99. The molecule has 1 unspecified atom stereocenters. The first-order valence-electron chi connectivity index (χ1n) is 7.74. The molecular formula is C19H25NOS. The van der Waals surface area contributed by atoms with Crippen molar-refractivity contribution >= 4 is 11.8 Å². The molecule has 0 aliphatic heterocycles. The molecule has 2 aromatic rings. The molecule has 0 bridgehead atoms. The molecule has 0 saturated heterocycles. The first-order valence-corrected chi connectivity index (χ1v) is 8.73. The lowest BCUT2D eigenvalue weighted by molar-refractivity contribution is 0.0686. The zero-order valence-corrected chi connectivity index (χ0v) is 14.5. The third kappa shape index (κ3) is 5.16. The quantitative estimate of drug-likeness (QED) is 0.667. The van der Waals surface area contributed by atoms with E-state index in [1.165, 1.54) is 16.0 Å². The molecule has 1 atom stereocenters. The van der Waals surface area contributed by atoms with Crippen LogP contribution < -0.4 is 0 Å². The largest absolute Gasteiger partial charge is 0.367 e. The summed E-state index contributed by atoms with van der Waals surface area (Å²) in [5.41, 5.74) is 2.43. The average molecular weight is 315 g/mol. The summed E-state index contributed by atoms with van der Waals surface area (Å²) in [5.74, 6) is 1.08. The molecule has 0 aromatic heterocycles. The van der Waals surface area contributed by atoms with Gasteiger partial charge in [0, 0.05) is 11.4 Å². The smallest absolute Gasteiger partial charge is 0.108 e. The van der Waals surface area contributed by atoms with Crippen molar-refractivity contribution in [3.63, 3.8) is 0 Å². The first-order chi connectivity index (χ1) is 10.7. The standard InChI is InChI=1S/C19H25NOS/c1-4-22-18-12-8-11-17(15-18)19(21-14-13-20(2)3)16-9-6-5-7-10-16/h5-12,15,19H,4,13-14H2,1-3H3. The predicted molar refractivity (Wildman–Crippen MR) is 95.6 cm³/mol. The lowest BCUT2D eigenvalue weighted by Gasteiger charge is -2.21. The van der Waals surface area contributed by atoms with Crippen LogP contribution in [0.4, 0.5) is 0 Å². The number of ether oxygens (including phenoxy) is 1. The highest BCUT2D eigenvalue weighted by molar-refractivity contribution is 7.99. The molecular weight excluding hydrogens is 290 g/mol. The van der Waals surface area contributed by atoms with Crippen LogP contribution in [0.15, 0.2) is 59.5 Å². The van der Waals surface area contributed by atoms with Crippen molar-refractivity contribution in [3.05, 3.63) is 65.7 Å². The molecule has 0 aliphatic carbocycles. The van der Waals surface area contributed by atoms with Crippen LogP contribution in [0.25, 0.3) is 0 Å². The van der Waals surface area contributed by atoms with Gasteiger partial charge < -0.3 is 9.64 Å². The molecule has 118 valence electrons. The van der Waals surface area contributed by atoms with Crippen LogP contribution in [-0.4, -0.2) is 37.9 Å². The minimum atomic E-state index is -0.00134. The van der Waals surface area contributed by atoms with Gasteiger partial charge in [0.25, 0.3) is 0 Å². The van der Waals surface area contributed by atoms with Gasteiger partial charge in [-0.2, -0.15) is 0 Å². The number of rotatable bonds is 8. The van der Waals surface area contributed by atoms with Crippen molar-refractivity contribution in [1.82, 2.24) is 4.90 Å². The predicted octanol–water partition coefficient (Wildman–Crippen LogP) is 4.47. The van der Waals surface area contributed by atoms with Crippen molar-refractivity contribution in [1.29, 1.82) is 0 Å². The van der Waals surface area contributed by atoms with Gasteiger partial charge in [0.1, 0.15) is 6.10 Å². The molecule has 0 heterocycles. The van der Waals surface area contributed by atoms with Crippen LogP contribution >= 0.6 is 11.8 Å². The number of thioether (sulfide) groups is 1. The van der Waals surface area contributed by atoms with Gasteiger partial charge in [0.2, 0.25) is 0 Å². The fourth-order valence-corrected chi connectivity index (χ4v) is 3.03. The summed E-state index contributed by atoms with van der Waals surface area (Å²) in [6.07, 6.45) is -0.00134. The molecule has 0 spiro atoms. The molecule has 2 nitrogen and oxygen atoms in total. The van der Waals surface area contributed by atoms with Crippen LogP contribution in [0.1, 0.15) is 24.2 Å². The molecule has 2 rings (SSSR count). The van der Waals surface area contributed by atoms with E-state index in [9.17, 15) is 0 Å². The maximum absolute atomic E-state index is 6.21. The lowest BCUT2D eigenvalue weighted by atomic mass is 10.0. The van der Waals surface area contributed by atoms with Crippen LogP contribution in [0, 0.1) is 0 Å². The highest BCUT2D eigenvalue weighted by atomic mass is 32.2. The van der Waals surface area contributed by atoms with Crippen molar-refractivity contribution in [2.45, 2.75) is 17.9 Å². The van der Waals surface area contributed by atoms with Gasteiger partial charge >= 0.3 is 0 Å². The second-order valence-corrected chi connectivity index (χ2v) is 6.81. The van der Waals surface area contributed by atoms with E-state index in [0.717, 1.165) is 18.9 Å². The SMILES string of the molecule is CCSc1cccc(C(OCCN(C)C)c2ccccc2)c1. The molecule has 3 heteroatoms. The fraction of sp³-hybridized carbons (Fsp3) is 0.368. The highest BCUT2D eigenvalue weighted by Crippen LogP contribution is 2.29. The van der Waals surface area contributed by atoms with Crippen LogP contribution in [0.3, 0.4) is 0 Å². The molecule has 0 amide bonds. The molecule has 0 radical (unpaired) electrons. The molecule has 22 heavy (non-hydrogen) atoms. The van der Waals surface area contributed by atoms with Gasteiger partial charge in [0.05, 0.1) is 6.61 Å². The van der Waals surface area contributed by atoms with Crippen molar-refractivity contribution in [3.8, 4) is 0 Å². The summed E-state index contributed by atoms with van der Waals surface area (Å²) in [7, 11) is 4.14. The Morgan fingerprint density at radius 3 is 2.41 bits per heavy atom. The summed E-state index contributed by atoms with van der Waals surface area (Å²) < 4.78 is 6.21. The zero-order chi connectivity index (χ0) is 15.8. The van der Waals surface area contributed by atoms with Crippen LogP contribution in [0.5, 0.6) is 0 Å². The minimum absolute atomic E-state index is 0.00134. The van der Waals surface area contributed by atoms with E-state index >= 15 is 0 Å². The monoisotopic (exact) mass is 315 g/mol.